The van der Waals surface area contributed by atoms with Crippen LogP contribution >= 0.6 is 11.8 Å². The maximum atomic E-state index is 12.5. The third-order valence-electron chi connectivity index (χ3n) is 3.78. The van der Waals surface area contributed by atoms with Crippen LogP contribution in [0.5, 0.6) is 0 Å². The Morgan fingerprint density at radius 3 is 2.41 bits per heavy atom. The lowest BCUT2D eigenvalue weighted by molar-refractivity contribution is 0.102. The Hall–Kier alpha value is -1.74. The molecular formula is C19H23NOS. The van der Waals surface area contributed by atoms with Gasteiger partial charge in [-0.3, -0.25) is 4.79 Å². The highest BCUT2D eigenvalue weighted by atomic mass is 32.2. The second-order valence-corrected chi connectivity index (χ2v) is 6.62. The smallest absolute Gasteiger partial charge is 0.256 e. The fourth-order valence-corrected chi connectivity index (χ4v) is 3.07. The monoisotopic (exact) mass is 313 g/mol. The maximum absolute atomic E-state index is 12.5. The van der Waals surface area contributed by atoms with Crippen molar-refractivity contribution in [2.45, 2.75) is 38.0 Å². The Balaban J connectivity index is 2.12. The van der Waals surface area contributed by atoms with Gasteiger partial charge in [0.15, 0.2) is 0 Å². The van der Waals surface area contributed by atoms with Crippen molar-refractivity contribution in [2.24, 2.45) is 0 Å². The molecule has 2 aromatic rings. The summed E-state index contributed by atoms with van der Waals surface area (Å²) >= 11 is 1.69. The number of carbonyl (C=O) groups is 1. The molecule has 0 saturated heterocycles. The van der Waals surface area contributed by atoms with Crippen molar-refractivity contribution in [3.63, 3.8) is 0 Å². The van der Waals surface area contributed by atoms with Crippen LogP contribution in [0.4, 0.5) is 5.69 Å². The predicted molar refractivity (Wildman–Crippen MR) is 95.9 cm³/mol. The zero-order chi connectivity index (χ0) is 15.9. The molecule has 3 heteroatoms. The number of rotatable bonds is 6. The van der Waals surface area contributed by atoms with Crippen LogP contribution in [-0.2, 0) is 0 Å². The van der Waals surface area contributed by atoms with Gasteiger partial charge in [0, 0.05) is 10.6 Å². The van der Waals surface area contributed by atoms with Gasteiger partial charge in [-0.1, -0.05) is 45.0 Å². The SMILES string of the molecule is CCSc1ccccc1C(=O)Nc1ccc(C(C)CC)cc1. The van der Waals surface area contributed by atoms with Gasteiger partial charge in [-0.15, -0.1) is 11.8 Å². The lowest BCUT2D eigenvalue weighted by Gasteiger charge is -2.12. The Morgan fingerprint density at radius 1 is 1.09 bits per heavy atom. The number of carbonyl (C=O) groups excluding carboxylic acids is 1. The molecule has 1 unspecified atom stereocenters. The van der Waals surface area contributed by atoms with E-state index in [0.29, 0.717) is 5.92 Å². The largest absolute Gasteiger partial charge is 0.322 e. The first-order valence-electron chi connectivity index (χ1n) is 7.78. The molecule has 0 aliphatic heterocycles. The summed E-state index contributed by atoms with van der Waals surface area (Å²) in [4.78, 5) is 13.5. The van der Waals surface area contributed by atoms with Crippen LogP contribution < -0.4 is 5.32 Å². The molecule has 116 valence electrons. The summed E-state index contributed by atoms with van der Waals surface area (Å²) in [6, 6.07) is 15.9. The molecule has 2 nitrogen and oxygen atoms in total. The predicted octanol–water partition coefficient (Wildman–Crippen LogP) is 5.56. The number of thioether (sulfide) groups is 1. The minimum Gasteiger partial charge on any atom is -0.322 e. The average Bonchev–Trinajstić information content (AvgIpc) is 2.55. The van der Waals surface area contributed by atoms with E-state index in [-0.39, 0.29) is 5.91 Å². The fourth-order valence-electron chi connectivity index (χ4n) is 2.26. The third kappa shape index (κ3) is 4.14. The Bertz CT molecular complexity index is 622. The van der Waals surface area contributed by atoms with Crippen LogP contribution in [0, 0.1) is 0 Å². The van der Waals surface area contributed by atoms with E-state index in [4.69, 9.17) is 0 Å². The fraction of sp³-hybridized carbons (Fsp3) is 0.316. The molecule has 1 amide bonds. The van der Waals surface area contributed by atoms with Gasteiger partial charge >= 0.3 is 0 Å². The van der Waals surface area contributed by atoms with Crippen molar-refractivity contribution in [3.05, 3.63) is 59.7 Å². The lowest BCUT2D eigenvalue weighted by atomic mass is 9.98. The van der Waals surface area contributed by atoms with Crippen LogP contribution in [0.2, 0.25) is 0 Å². The Kier molecular flexibility index (Phi) is 6.08. The Morgan fingerprint density at radius 2 is 1.77 bits per heavy atom. The van der Waals surface area contributed by atoms with Crippen molar-refractivity contribution in [2.75, 3.05) is 11.1 Å². The molecule has 1 atom stereocenters. The van der Waals surface area contributed by atoms with E-state index in [9.17, 15) is 4.79 Å². The van der Waals surface area contributed by atoms with Crippen LogP contribution in [0.25, 0.3) is 0 Å². The van der Waals surface area contributed by atoms with Gasteiger partial charge in [0.1, 0.15) is 0 Å². The van der Waals surface area contributed by atoms with Gasteiger partial charge in [-0.25, -0.2) is 0 Å². The quantitative estimate of drug-likeness (QED) is 0.707. The van der Waals surface area contributed by atoms with Gasteiger partial charge in [-0.05, 0) is 47.9 Å². The first-order chi connectivity index (χ1) is 10.7. The first kappa shape index (κ1) is 16.6. The van der Waals surface area contributed by atoms with E-state index >= 15 is 0 Å². The topological polar surface area (TPSA) is 29.1 Å². The minimum absolute atomic E-state index is 0.0483. The molecule has 0 heterocycles. The minimum atomic E-state index is -0.0483. The number of amides is 1. The van der Waals surface area contributed by atoms with Crippen LogP contribution in [0.3, 0.4) is 0 Å². The van der Waals surface area contributed by atoms with Gasteiger partial charge in [0.2, 0.25) is 0 Å². The van der Waals surface area contributed by atoms with Gasteiger partial charge in [0.05, 0.1) is 5.56 Å². The third-order valence-corrected chi connectivity index (χ3v) is 4.74. The number of anilines is 1. The molecule has 0 aliphatic rings. The highest BCUT2D eigenvalue weighted by Crippen LogP contribution is 2.24. The summed E-state index contributed by atoms with van der Waals surface area (Å²) in [7, 11) is 0. The molecule has 0 aromatic heterocycles. The molecule has 1 N–H and O–H groups in total. The van der Waals surface area contributed by atoms with Gasteiger partial charge < -0.3 is 5.32 Å². The maximum Gasteiger partial charge on any atom is 0.256 e. The molecule has 2 rings (SSSR count). The summed E-state index contributed by atoms with van der Waals surface area (Å²) in [6.07, 6.45) is 1.12. The van der Waals surface area contributed by atoms with E-state index in [1.54, 1.807) is 11.8 Å². The number of nitrogens with one attached hydrogen (secondary N) is 1. The van der Waals surface area contributed by atoms with Crippen molar-refractivity contribution in [1.29, 1.82) is 0 Å². The van der Waals surface area contributed by atoms with Crippen LogP contribution in [0.15, 0.2) is 53.4 Å². The van der Waals surface area contributed by atoms with E-state index in [1.165, 1.54) is 5.56 Å². The van der Waals surface area contributed by atoms with Crippen molar-refractivity contribution in [3.8, 4) is 0 Å². The first-order valence-corrected chi connectivity index (χ1v) is 8.77. The van der Waals surface area contributed by atoms with E-state index in [0.717, 1.165) is 28.3 Å². The average molecular weight is 313 g/mol. The van der Waals surface area contributed by atoms with E-state index in [2.05, 4.69) is 38.2 Å². The number of benzene rings is 2. The zero-order valence-electron chi connectivity index (χ0n) is 13.4. The molecule has 0 fully saturated rings. The van der Waals surface area contributed by atoms with E-state index < -0.39 is 0 Å². The second-order valence-electron chi connectivity index (χ2n) is 5.31. The number of hydrogen-bond donors (Lipinski definition) is 1. The van der Waals surface area contributed by atoms with E-state index in [1.807, 2.05) is 36.4 Å². The van der Waals surface area contributed by atoms with Crippen molar-refractivity contribution < 1.29 is 4.79 Å². The molecule has 0 spiro atoms. The van der Waals surface area contributed by atoms with Crippen molar-refractivity contribution in [1.82, 2.24) is 0 Å². The summed E-state index contributed by atoms with van der Waals surface area (Å²) in [6.45, 7) is 6.49. The Labute approximate surface area is 137 Å². The highest BCUT2D eigenvalue weighted by Gasteiger charge is 2.11. The normalized spacial score (nSPS) is 12.0. The van der Waals surface area contributed by atoms with Crippen LogP contribution in [-0.4, -0.2) is 11.7 Å². The molecular weight excluding hydrogens is 290 g/mol. The molecule has 0 aliphatic carbocycles. The molecule has 0 radical (unpaired) electrons. The zero-order valence-corrected chi connectivity index (χ0v) is 14.2. The summed E-state index contributed by atoms with van der Waals surface area (Å²) in [5.74, 6) is 1.45. The standard InChI is InChI=1S/C19H23NOS/c1-4-14(3)15-10-12-16(13-11-15)20-19(21)17-8-6-7-9-18(17)22-5-2/h6-14H,4-5H2,1-3H3,(H,20,21). The second kappa shape index (κ2) is 8.04. The van der Waals surface area contributed by atoms with Crippen LogP contribution in [0.1, 0.15) is 49.0 Å². The molecule has 2 aromatic carbocycles. The summed E-state index contributed by atoms with van der Waals surface area (Å²) < 4.78 is 0. The lowest BCUT2D eigenvalue weighted by Crippen LogP contribution is -2.13. The molecule has 0 saturated carbocycles. The molecule has 0 bridgehead atoms. The highest BCUT2D eigenvalue weighted by molar-refractivity contribution is 7.99. The van der Waals surface area contributed by atoms with Crippen molar-refractivity contribution >= 4 is 23.4 Å². The summed E-state index contributed by atoms with van der Waals surface area (Å²) in [5, 5.41) is 2.99. The summed E-state index contributed by atoms with van der Waals surface area (Å²) in [5.41, 5.74) is 2.89. The van der Waals surface area contributed by atoms with Gasteiger partial charge in [-0.2, -0.15) is 0 Å². The van der Waals surface area contributed by atoms with Gasteiger partial charge in [0.25, 0.3) is 5.91 Å². The number of hydrogen-bond acceptors (Lipinski definition) is 2. The molecule has 22 heavy (non-hydrogen) atoms.